The average molecular weight is 657 g/mol. The summed E-state index contributed by atoms with van der Waals surface area (Å²) in [5.74, 6) is -0.0253. The van der Waals surface area contributed by atoms with E-state index in [0.717, 1.165) is 48.3 Å². The third-order valence-corrected chi connectivity index (χ3v) is 14.9. The summed E-state index contributed by atoms with van der Waals surface area (Å²) in [6, 6.07) is 7.60. The molecule has 0 unspecified atom stereocenters. The Kier molecular flexibility index (Phi) is 15.1. The van der Waals surface area contributed by atoms with Crippen molar-refractivity contribution in [2.75, 3.05) is 11.5 Å². The van der Waals surface area contributed by atoms with Gasteiger partial charge in [0.2, 0.25) is 0 Å². The average Bonchev–Trinajstić information content (AvgIpc) is 3.72. The molecule has 9 heteroatoms. The molecule has 0 aliphatic rings. The van der Waals surface area contributed by atoms with Crippen molar-refractivity contribution < 1.29 is 16.8 Å². The molecule has 3 aromatic rings. The number of thiophene rings is 3. The Morgan fingerprint density at radius 1 is 0.512 bits per heavy atom. The van der Waals surface area contributed by atoms with E-state index in [4.69, 9.17) is 0 Å². The Morgan fingerprint density at radius 3 is 1.17 bits per heavy atom. The predicted molar refractivity (Wildman–Crippen MR) is 180 cm³/mol. The highest BCUT2D eigenvalue weighted by Crippen LogP contribution is 2.49. The molecular formula is C32H48O4S5. The molecule has 3 rings (SSSR count). The van der Waals surface area contributed by atoms with Gasteiger partial charge in [0.15, 0.2) is 19.7 Å². The Balaban J connectivity index is 1.85. The Hall–Kier alpha value is -1.00. The molecular weight excluding hydrogens is 609 g/mol. The van der Waals surface area contributed by atoms with Crippen LogP contribution in [0.2, 0.25) is 0 Å². The third kappa shape index (κ3) is 10.6. The second-order valence-electron chi connectivity index (χ2n) is 11.0. The molecule has 0 saturated heterocycles. The van der Waals surface area contributed by atoms with Crippen molar-refractivity contribution >= 4 is 53.7 Å². The SMILES string of the molecule is CCCCCCCCCCS(=O)(=O)c1c(-c2cccs2)sc(-c2cccs2)c1S(=O)(=O)CCCCCCCCCC. The Bertz CT molecular complexity index is 1230. The standard InChI is InChI=1S/C32H48O4S5/c1-3-5-7-9-11-13-15-17-25-40(33,34)31-29(27-21-19-23-37-27)39-30(28-22-20-24-38-28)32(31)41(35,36)26-18-16-14-12-10-8-6-4-2/h19-24H,3-18,25-26H2,1-2H3. The summed E-state index contributed by atoms with van der Waals surface area (Å²) in [5.41, 5.74) is 0. The quantitative estimate of drug-likeness (QED) is 0.101. The third-order valence-electron chi connectivity index (χ3n) is 7.47. The molecule has 0 amide bonds. The molecule has 0 fully saturated rings. The Labute approximate surface area is 261 Å². The van der Waals surface area contributed by atoms with Crippen molar-refractivity contribution in [1.82, 2.24) is 0 Å². The van der Waals surface area contributed by atoms with E-state index >= 15 is 0 Å². The van der Waals surface area contributed by atoms with Crippen LogP contribution in [0.5, 0.6) is 0 Å². The van der Waals surface area contributed by atoms with Crippen LogP contribution in [0.3, 0.4) is 0 Å². The minimum Gasteiger partial charge on any atom is -0.224 e. The minimum absolute atomic E-state index is 0.0127. The second-order valence-corrected chi connectivity index (χ2v) is 18.0. The van der Waals surface area contributed by atoms with E-state index < -0.39 is 19.7 Å². The van der Waals surface area contributed by atoms with Crippen molar-refractivity contribution in [3.05, 3.63) is 35.0 Å². The van der Waals surface area contributed by atoms with E-state index in [1.165, 1.54) is 85.4 Å². The largest absolute Gasteiger partial charge is 0.224 e. The number of hydrogen-bond acceptors (Lipinski definition) is 7. The molecule has 0 bridgehead atoms. The van der Waals surface area contributed by atoms with Gasteiger partial charge in [-0.15, -0.1) is 34.0 Å². The molecule has 3 heterocycles. The highest BCUT2D eigenvalue weighted by atomic mass is 32.2. The van der Waals surface area contributed by atoms with Gasteiger partial charge >= 0.3 is 0 Å². The molecule has 3 aromatic heterocycles. The van der Waals surface area contributed by atoms with E-state index in [9.17, 15) is 16.8 Å². The number of rotatable bonds is 22. The molecule has 0 aliphatic heterocycles. The molecule has 0 aromatic carbocycles. The van der Waals surface area contributed by atoms with Gasteiger partial charge in [-0.25, -0.2) is 16.8 Å². The van der Waals surface area contributed by atoms with E-state index in [1.807, 2.05) is 35.0 Å². The van der Waals surface area contributed by atoms with Gasteiger partial charge in [-0.3, -0.25) is 0 Å². The van der Waals surface area contributed by atoms with Crippen LogP contribution in [0.25, 0.3) is 19.5 Å². The fraction of sp³-hybridized carbons (Fsp3) is 0.625. The first-order valence-electron chi connectivity index (χ1n) is 15.5. The topological polar surface area (TPSA) is 68.3 Å². The monoisotopic (exact) mass is 656 g/mol. The maximum atomic E-state index is 14.0. The minimum atomic E-state index is -3.81. The van der Waals surface area contributed by atoms with Gasteiger partial charge in [-0.1, -0.05) is 116 Å². The van der Waals surface area contributed by atoms with E-state index in [-0.39, 0.29) is 21.3 Å². The molecule has 0 saturated carbocycles. The lowest BCUT2D eigenvalue weighted by Gasteiger charge is -2.11. The molecule has 0 aliphatic carbocycles. The zero-order valence-electron chi connectivity index (χ0n) is 24.9. The van der Waals surface area contributed by atoms with E-state index in [1.54, 1.807) is 0 Å². The van der Waals surface area contributed by atoms with Crippen LogP contribution in [-0.2, 0) is 19.7 Å². The molecule has 41 heavy (non-hydrogen) atoms. The number of sulfone groups is 2. The predicted octanol–water partition coefficient (Wildman–Crippen LogP) is 11.0. The van der Waals surface area contributed by atoms with Gasteiger partial charge in [0, 0.05) is 9.75 Å². The first-order valence-corrected chi connectivity index (χ1v) is 21.4. The molecule has 4 nitrogen and oxygen atoms in total. The summed E-state index contributed by atoms with van der Waals surface area (Å²) in [4.78, 5) is 2.90. The van der Waals surface area contributed by atoms with Crippen molar-refractivity contribution in [1.29, 1.82) is 0 Å². The summed E-state index contributed by atoms with van der Waals surface area (Å²) in [6.07, 6.45) is 16.9. The van der Waals surface area contributed by atoms with Crippen LogP contribution >= 0.6 is 34.0 Å². The fourth-order valence-corrected chi connectivity index (χ4v) is 13.1. The van der Waals surface area contributed by atoms with E-state index in [2.05, 4.69) is 13.8 Å². The fourth-order valence-electron chi connectivity index (χ4n) is 5.16. The summed E-state index contributed by atoms with van der Waals surface area (Å²) < 4.78 is 56.1. The first-order chi connectivity index (χ1) is 19.8. The highest BCUT2D eigenvalue weighted by Gasteiger charge is 2.36. The lowest BCUT2D eigenvalue weighted by molar-refractivity contribution is 0.566. The van der Waals surface area contributed by atoms with Crippen molar-refractivity contribution in [3.63, 3.8) is 0 Å². The number of hydrogen-bond donors (Lipinski definition) is 0. The Morgan fingerprint density at radius 2 is 0.854 bits per heavy atom. The molecule has 230 valence electrons. The summed E-state index contributed by atoms with van der Waals surface area (Å²) >= 11 is 4.26. The zero-order chi connectivity index (χ0) is 29.6. The molecule has 0 N–H and O–H groups in total. The first kappa shape index (κ1) is 34.5. The van der Waals surface area contributed by atoms with Gasteiger partial charge in [-0.2, -0.15) is 0 Å². The van der Waals surface area contributed by atoms with Crippen molar-refractivity contribution in [2.24, 2.45) is 0 Å². The summed E-state index contributed by atoms with van der Waals surface area (Å²) in [6.45, 7) is 4.40. The maximum absolute atomic E-state index is 14.0. The zero-order valence-corrected chi connectivity index (χ0v) is 28.9. The lowest BCUT2D eigenvalue weighted by Crippen LogP contribution is -2.15. The van der Waals surface area contributed by atoms with Crippen LogP contribution in [0.15, 0.2) is 44.8 Å². The smallest absolute Gasteiger partial charge is 0.181 e. The van der Waals surface area contributed by atoms with E-state index in [0.29, 0.717) is 22.6 Å². The van der Waals surface area contributed by atoms with Gasteiger partial charge in [-0.05, 0) is 35.7 Å². The maximum Gasteiger partial charge on any atom is 0.181 e. The normalized spacial score (nSPS) is 12.3. The van der Waals surface area contributed by atoms with Crippen LogP contribution in [0, 0.1) is 0 Å². The van der Waals surface area contributed by atoms with Crippen LogP contribution in [0.4, 0.5) is 0 Å². The van der Waals surface area contributed by atoms with Gasteiger partial charge < -0.3 is 0 Å². The molecule has 0 radical (unpaired) electrons. The van der Waals surface area contributed by atoms with Gasteiger partial charge in [0.05, 0.1) is 21.3 Å². The number of unbranched alkanes of at least 4 members (excludes halogenated alkanes) is 14. The summed E-state index contributed by atoms with van der Waals surface area (Å²) in [5, 5.41) is 3.84. The van der Waals surface area contributed by atoms with Crippen molar-refractivity contribution in [3.8, 4) is 19.5 Å². The lowest BCUT2D eigenvalue weighted by atomic mass is 10.1. The van der Waals surface area contributed by atoms with Crippen LogP contribution < -0.4 is 0 Å². The van der Waals surface area contributed by atoms with Crippen LogP contribution in [-0.4, -0.2) is 28.3 Å². The highest BCUT2D eigenvalue weighted by molar-refractivity contribution is 7.95. The van der Waals surface area contributed by atoms with Crippen molar-refractivity contribution in [2.45, 2.75) is 126 Å². The molecule has 0 atom stereocenters. The van der Waals surface area contributed by atoms with Gasteiger partial charge in [0.25, 0.3) is 0 Å². The summed E-state index contributed by atoms with van der Waals surface area (Å²) in [7, 11) is -7.62. The molecule has 0 spiro atoms. The second kappa shape index (κ2) is 18.0. The van der Waals surface area contributed by atoms with Crippen LogP contribution in [0.1, 0.15) is 117 Å². The van der Waals surface area contributed by atoms with Gasteiger partial charge in [0.1, 0.15) is 9.79 Å².